The van der Waals surface area contributed by atoms with Crippen molar-refractivity contribution in [1.82, 2.24) is 0 Å². The fourth-order valence-corrected chi connectivity index (χ4v) is 1.40. The van der Waals surface area contributed by atoms with Crippen LogP contribution in [0.4, 0.5) is 0 Å². The molecule has 0 radical (unpaired) electrons. The van der Waals surface area contributed by atoms with E-state index in [1.165, 1.54) is 5.56 Å². The summed E-state index contributed by atoms with van der Waals surface area (Å²) < 4.78 is 0. The van der Waals surface area contributed by atoms with Crippen molar-refractivity contribution in [2.45, 2.75) is 0 Å². The van der Waals surface area contributed by atoms with Gasteiger partial charge >= 0.3 is 0 Å². The van der Waals surface area contributed by atoms with Crippen LogP contribution in [0.5, 0.6) is 0 Å². The molecule has 0 aliphatic rings. The minimum Gasteiger partial charge on any atom is -0.192 e. The SMILES string of the molecule is N#Cc1ccc([CH+]c2ccccc2)cc1. The van der Waals surface area contributed by atoms with E-state index < -0.39 is 0 Å². The first-order valence-electron chi connectivity index (χ1n) is 4.78. The smallest absolute Gasteiger partial charge is 0.101 e. The third kappa shape index (κ3) is 2.38. The van der Waals surface area contributed by atoms with Gasteiger partial charge in [-0.25, -0.2) is 0 Å². The van der Waals surface area contributed by atoms with Gasteiger partial charge in [0.1, 0.15) is 6.07 Å². The Labute approximate surface area is 89.6 Å². The Morgan fingerprint density at radius 3 is 2.00 bits per heavy atom. The molecule has 0 unspecified atom stereocenters. The number of hydrogen-bond donors (Lipinski definition) is 0. The van der Waals surface area contributed by atoms with Crippen LogP contribution in [0.15, 0.2) is 54.6 Å². The highest BCUT2D eigenvalue weighted by Crippen LogP contribution is 2.12. The van der Waals surface area contributed by atoms with E-state index in [1.807, 2.05) is 42.5 Å². The third-order valence-electron chi connectivity index (χ3n) is 2.17. The van der Waals surface area contributed by atoms with Crippen LogP contribution in [0.3, 0.4) is 0 Å². The molecular weight excluding hydrogens is 182 g/mol. The van der Waals surface area contributed by atoms with Crippen LogP contribution in [0.25, 0.3) is 0 Å². The number of hydrogen-bond acceptors (Lipinski definition) is 1. The third-order valence-corrected chi connectivity index (χ3v) is 2.17. The molecule has 0 bridgehead atoms. The van der Waals surface area contributed by atoms with Crippen LogP contribution in [0.2, 0.25) is 0 Å². The lowest BCUT2D eigenvalue weighted by molar-refractivity contribution is 1.41. The standard InChI is InChI=1S/C14H10N/c15-11-14-8-6-13(7-9-14)10-12-4-2-1-3-5-12/h1-10H/q+1. The largest absolute Gasteiger partial charge is 0.192 e. The molecule has 15 heavy (non-hydrogen) atoms. The van der Waals surface area contributed by atoms with Crippen molar-refractivity contribution in [3.8, 4) is 6.07 Å². The molecule has 2 aromatic carbocycles. The molecule has 0 saturated carbocycles. The van der Waals surface area contributed by atoms with Crippen LogP contribution in [-0.4, -0.2) is 0 Å². The predicted octanol–water partition coefficient (Wildman–Crippen LogP) is 3.16. The minimum atomic E-state index is 0.695. The van der Waals surface area contributed by atoms with Crippen LogP contribution in [0, 0.1) is 17.8 Å². The molecule has 0 spiro atoms. The van der Waals surface area contributed by atoms with E-state index in [2.05, 4.69) is 24.6 Å². The molecule has 2 rings (SSSR count). The lowest BCUT2D eigenvalue weighted by atomic mass is 10.0. The van der Waals surface area contributed by atoms with E-state index in [-0.39, 0.29) is 0 Å². The second-order valence-corrected chi connectivity index (χ2v) is 3.29. The Morgan fingerprint density at radius 1 is 0.800 bits per heavy atom. The number of nitrogens with zero attached hydrogens (tertiary/aromatic N) is 1. The Bertz CT molecular complexity index is 463. The Kier molecular flexibility index (Phi) is 2.71. The van der Waals surface area contributed by atoms with Crippen LogP contribution < -0.4 is 0 Å². The zero-order valence-corrected chi connectivity index (χ0v) is 8.22. The van der Waals surface area contributed by atoms with Crippen molar-refractivity contribution < 1.29 is 0 Å². The molecule has 1 heteroatoms. The van der Waals surface area contributed by atoms with Gasteiger partial charge in [-0.05, 0) is 30.3 Å². The molecule has 0 aliphatic carbocycles. The quantitative estimate of drug-likeness (QED) is 0.670. The van der Waals surface area contributed by atoms with Gasteiger partial charge in [-0.2, -0.15) is 5.26 Å². The lowest BCUT2D eigenvalue weighted by Crippen LogP contribution is -1.84. The molecule has 0 N–H and O–H groups in total. The fraction of sp³-hybridized carbons (Fsp3) is 0. The van der Waals surface area contributed by atoms with E-state index in [4.69, 9.17) is 5.26 Å². The zero-order chi connectivity index (χ0) is 10.5. The van der Waals surface area contributed by atoms with E-state index in [9.17, 15) is 0 Å². The summed E-state index contributed by atoms with van der Waals surface area (Å²) >= 11 is 0. The van der Waals surface area contributed by atoms with Crippen LogP contribution in [-0.2, 0) is 0 Å². The van der Waals surface area contributed by atoms with Gasteiger partial charge in [0.05, 0.1) is 16.7 Å². The maximum absolute atomic E-state index is 8.66. The first-order valence-corrected chi connectivity index (χ1v) is 4.78. The number of nitriles is 1. The maximum atomic E-state index is 8.66. The molecular formula is C14H10N+. The van der Waals surface area contributed by atoms with Crippen molar-refractivity contribution in [3.63, 3.8) is 0 Å². The lowest BCUT2D eigenvalue weighted by Gasteiger charge is -1.94. The fourth-order valence-electron chi connectivity index (χ4n) is 1.40. The summed E-state index contributed by atoms with van der Waals surface area (Å²) in [6, 6.07) is 19.8. The predicted molar refractivity (Wildman–Crippen MR) is 60.1 cm³/mol. The first-order chi connectivity index (χ1) is 7.38. The molecule has 2 aromatic rings. The summed E-state index contributed by atoms with van der Waals surface area (Å²) in [5, 5.41) is 8.66. The molecule has 0 fully saturated rings. The Hall–Kier alpha value is -2.20. The minimum absolute atomic E-state index is 0.695. The summed E-state index contributed by atoms with van der Waals surface area (Å²) in [5.41, 5.74) is 2.97. The highest BCUT2D eigenvalue weighted by molar-refractivity contribution is 5.40. The Morgan fingerprint density at radius 2 is 1.40 bits per heavy atom. The highest BCUT2D eigenvalue weighted by Gasteiger charge is 2.02. The van der Waals surface area contributed by atoms with E-state index in [1.54, 1.807) is 0 Å². The van der Waals surface area contributed by atoms with Crippen molar-refractivity contribution in [2.24, 2.45) is 0 Å². The van der Waals surface area contributed by atoms with Crippen molar-refractivity contribution >= 4 is 0 Å². The average molecular weight is 192 g/mol. The average Bonchev–Trinajstić information content (AvgIpc) is 2.31. The van der Waals surface area contributed by atoms with Gasteiger partial charge in [0.25, 0.3) is 0 Å². The van der Waals surface area contributed by atoms with E-state index in [0.717, 1.165) is 5.56 Å². The maximum Gasteiger partial charge on any atom is 0.101 e. The molecule has 0 aliphatic heterocycles. The molecule has 1 nitrogen and oxygen atoms in total. The summed E-state index contributed by atoms with van der Waals surface area (Å²) in [6.45, 7) is 0. The summed E-state index contributed by atoms with van der Waals surface area (Å²) in [5.74, 6) is 0. The van der Waals surface area contributed by atoms with Gasteiger partial charge in [-0.3, -0.25) is 0 Å². The van der Waals surface area contributed by atoms with E-state index in [0.29, 0.717) is 5.56 Å². The van der Waals surface area contributed by atoms with Gasteiger partial charge < -0.3 is 0 Å². The summed E-state index contributed by atoms with van der Waals surface area (Å²) in [7, 11) is 0. The van der Waals surface area contributed by atoms with Crippen LogP contribution in [0.1, 0.15) is 16.7 Å². The van der Waals surface area contributed by atoms with Gasteiger partial charge in [0, 0.05) is 30.7 Å². The molecule has 0 aromatic heterocycles. The second kappa shape index (κ2) is 4.34. The van der Waals surface area contributed by atoms with Crippen LogP contribution >= 0.6 is 0 Å². The van der Waals surface area contributed by atoms with Gasteiger partial charge in [-0.1, -0.05) is 0 Å². The van der Waals surface area contributed by atoms with Gasteiger partial charge in [0.2, 0.25) is 0 Å². The zero-order valence-electron chi connectivity index (χ0n) is 8.22. The topological polar surface area (TPSA) is 23.8 Å². The van der Waals surface area contributed by atoms with Crippen molar-refractivity contribution in [1.29, 1.82) is 5.26 Å². The molecule has 0 amide bonds. The number of benzene rings is 2. The van der Waals surface area contributed by atoms with Crippen molar-refractivity contribution in [3.05, 3.63) is 77.7 Å². The number of rotatable bonds is 2. The summed E-state index contributed by atoms with van der Waals surface area (Å²) in [6.07, 6.45) is 2.08. The Balaban J connectivity index is 2.16. The monoisotopic (exact) mass is 192 g/mol. The van der Waals surface area contributed by atoms with E-state index >= 15 is 0 Å². The molecule has 70 valence electrons. The highest BCUT2D eigenvalue weighted by atomic mass is 14.2. The molecule has 0 saturated heterocycles. The normalized spacial score (nSPS) is 9.27. The molecule has 0 heterocycles. The molecule has 0 atom stereocenters. The van der Waals surface area contributed by atoms with Crippen molar-refractivity contribution in [2.75, 3.05) is 0 Å². The first kappa shape index (κ1) is 9.36. The second-order valence-electron chi connectivity index (χ2n) is 3.29. The van der Waals surface area contributed by atoms with Gasteiger partial charge in [0.15, 0.2) is 0 Å². The van der Waals surface area contributed by atoms with Gasteiger partial charge in [-0.15, -0.1) is 0 Å². The summed E-state index contributed by atoms with van der Waals surface area (Å²) in [4.78, 5) is 0.